The van der Waals surface area contributed by atoms with E-state index in [-0.39, 0.29) is 18.0 Å². The summed E-state index contributed by atoms with van der Waals surface area (Å²) in [6, 6.07) is 19.9. The maximum Gasteiger partial charge on any atom is 0.341 e. The molecule has 3 aromatic rings. The number of allylic oxidation sites excluding steroid dienone is 1. The van der Waals surface area contributed by atoms with Crippen molar-refractivity contribution in [2.45, 2.75) is 6.61 Å². The van der Waals surface area contributed by atoms with Crippen LogP contribution in [0.3, 0.4) is 0 Å². The highest BCUT2D eigenvalue weighted by Gasteiger charge is 2.09. The van der Waals surface area contributed by atoms with E-state index < -0.39 is 18.5 Å². The normalized spacial score (nSPS) is 10.6. The second-order valence-electron chi connectivity index (χ2n) is 6.73. The Morgan fingerprint density at radius 1 is 0.812 bits per heavy atom. The molecule has 0 unspecified atom stereocenters. The Kier molecular flexibility index (Phi) is 7.37. The average molecular weight is 432 g/mol. The molecule has 0 saturated carbocycles. The van der Waals surface area contributed by atoms with Crippen molar-refractivity contribution in [3.8, 4) is 11.5 Å². The lowest BCUT2D eigenvalue weighted by Gasteiger charge is -2.09. The van der Waals surface area contributed by atoms with E-state index in [9.17, 15) is 19.5 Å². The molecule has 2 N–H and O–H groups in total. The second-order valence-corrected chi connectivity index (χ2v) is 6.73. The number of ether oxygens (including phenoxy) is 2. The molecule has 0 aliphatic rings. The van der Waals surface area contributed by atoms with Crippen molar-refractivity contribution in [3.05, 3.63) is 101 Å². The van der Waals surface area contributed by atoms with E-state index in [1.165, 1.54) is 18.2 Å². The Balaban J connectivity index is 1.66. The number of ketones is 1. The lowest BCUT2D eigenvalue weighted by molar-refractivity contribution is -0.139. The van der Waals surface area contributed by atoms with Gasteiger partial charge in [0.15, 0.2) is 12.4 Å². The Morgan fingerprint density at radius 2 is 1.53 bits per heavy atom. The minimum atomic E-state index is -1.10. The average Bonchev–Trinajstić information content (AvgIpc) is 2.80. The van der Waals surface area contributed by atoms with Crippen molar-refractivity contribution in [2.75, 3.05) is 6.61 Å². The molecule has 0 amide bonds. The Labute approximate surface area is 184 Å². The van der Waals surface area contributed by atoms with Crippen LogP contribution in [0.4, 0.5) is 0 Å². The molecule has 162 valence electrons. The second kappa shape index (κ2) is 10.6. The summed E-state index contributed by atoms with van der Waals surface area (Å²) in [4.78, 5) is 34.4. The van der Waals surface area contributed by atoms with Crippen LogP contribution >= 0.6 is 0 Å². The minimum absolute atomic E-state index is 0.0949. The summed E-state index contributed by atoms with van der Waals surface area (Å²) in [6.07, 6.45) is 3.03. The third-order valence-corrected chi connectivity index (χ3v) is 4.41. The SMILES string of the molecule is O=C(O)COc1cccc(C(=O)/C=C/c2cccc(OCc3ccccc3C(=O)O)c2)c1. The molecule has 3 rings (SSSR count). The van der Waals surface area contributed by atoms with E-state index in [1.54, 1.807) is 66.7 Å². The monoisotopic (exact) mass is 432 g/mol. The van der Waals surface area contributed by atoms with Crippen molar-refractivity contribution < 1.29 is 34.1 Å². The minimum Gasteiger partial charge on any atom is -0.489 e. The van der Waals surface area contributed by atoms with Gasteiger partial charge >= 0.3 is 11.9 Å². The quantitative estimate of drug-likeness (QED) is 0.363. The number of aliphatic carboxylic acids is 1. The van der Waals surface area contributed by atoms with Crippen LogP contribution < -0.4 is 9.47 Å². The first-order chi connectivity index (χ1) is 15.4. The first kappa shape index (κ1) is 22.3. The zero-order valence-electron chi connectivity index (χ0n) is 16.9. The predicted molar refractivity (Wildman–Crippen MR) is 117 cm³/mol. The third-order valence-electron chi connectivity index (χ3n) is 4.41. The van der Waals surface area contributed by atoms with Crippen LogP contribution in [-0.2, 0) is 11.4 Å². The van der Waals surface area contributed by atoms with Crippen LogP contribution in [0.1, 0.15) is 31.8 Å². The van der Waals surface area contributed by atoms with Crippen molar-refractivity contribution in [3.63, 3.8) is 0 Å². The number of benzene rings is 3. The van der Waals surface area contributed by atoms with Gasteiger partial charge in [-0.1, -0.05) is 48.5 Å². The van der Waals surface area contributed by atoms with Gasteiger partial charge in [-0.05, 0) is 42.0 Å². The van der Waals surface area contributed by atoms with E-state index >= 15 is 0 Å². The molecule has 7 nitrogen and oxygen atoms in total. The van der Waals surface area contributed by atoms with Gasteiger partial charge in [0.2, 0.25) is 0 Å². The van der Waals surface area contributed by atoms with Gasteiger partial charge in [0.05, 0.1) is 5.56 Å². The number of aromatic carboxylic acids is 1. The van der Waals surface area contributed by atoms with Crippen molar-refractivity contribution in [2.24, 2.45) is 0 Å². The topological polar surface area (TPSA) is 110 Å². The standard InChI is InChI=1S/C25H20O7/c26-23(18-7-4-9-21(14-18)32-16-24(27)28)12-11-17-5-3-8-20(13-17)31-15-19-6-1-2-10-22(19)25(29)30/h1-14H,15-16H2,(H,27,28)(H,29,30)/b12-11+. The zero-order chi connectivity index (χ0) is 22.9. The smallest absolute Gasteiger partial charge is 0.341 e. The number of carboxylic acid groups (broad SMARTS) is 2. The Morgan fingerprint density at radius 3 is 2.28 bits per heavy atom. The van der Waals surface area contributed by atoms with E-state index in [2.05, 4.69) is 0 Å². The van der Waals surface area contributed by atoms with Gasteiger partial charge in [-0.2, -0.15) is 0 Å². The van der Waals surface area contributed by atoms with E-state index in [0.717, 1.165) is 5.56 Å². The van der Waals surface area contributed by atoms with Crippen LogP contribution in [0.25, 0.3) is 6.08 Å². The van der Waals surface area contributed by atoms with Gasteiger partial charge in [-0.3, -0.25) is 4.79 Å². The first-order valence-corrected chi connectivity index (χ1v) is 9.63. The van der Waals surface area contributed by atoms with E-state index in [4.69, 9.17) is 14.6 Å². The van der Waals surface area contributed by atoms with Crippen molar-refractivity contribution in [1.29, 1.82) is 0 Å². The highest BCUT2D eigenvalue weighted by molar-refractivity contribution is 6.07. The molecule has 0 bridgehead atoms. The molecule has 0 radical (unpaired) electrons. The van der Waals surface area contributed by atoms with Gasteiger partial charge in [0.1, 0.15) is 18.1 Å². The molecule has 7 heteroatoms. The summed E-state index contributed by atoms with van der Waals surface area (Å²) >= 11 is 0. The number of carbonyl (C=O) groups is 3. The summed E-state index contributed by atoms with van der Waals surface area (Å²) < 4.78 is 10.8. The highest BCUT2D eigenvalue weighted by atomic mass is 16.5. The molecule has 0 saturated heterocycles. The summed E-state index contributed by atoms with van der Waals surface area (Å²) in [5, 5.41) is 18.0. The maximum atomic E-state index is 12.5. The van der Waals surface area contributed by atoms with E-state index in [1.807, 2.05) is 0 Å². The van der Waals surface area contributed by atoms with Crippen LogP contribution in [0.15, 0.2) is 78.9 Å². The fourth-order valence-corrected chi connectivity index (χ4v) is 2.88. The predicted octanol–water partition coefficient (Wildman–Crippen LogP) is 4.32. The van der Waals surface area contributed by atoms with Gasteiger partial charge in [0, 0.05) is 11.1 Å². The van der Waals surface area contributed by atoms with Gasteiger partial charge in [0.25, 0.3) is 0 Å². The lowest BCUT2D eigenvalue weighted by atomic mass is 10.1. The number of carboxylic acids is 2. The van der Waals surface area contributed by atoms with Crippen LogP contribution in [0.5, 0.6) is 11.5 Å². The molecule has 0 aliphatic heterocycles. The lowest BCUT2D eigenvalue weighted by Crippen LogP contribution is -2.09. The number of hydrogen-bond donors (Lipinski definition) is 2. The molecule has 3 aromatic carbocycles. The summed E-state index contributed by atoms with van der Waals surface area (Å²) in [5.41, 5.74) is 1.83. The molecular formula is C25H20O7. The fourth-order valence-electron chi connectivity index (χ4n) is 2.88. The van der Waals surface area contributed by atoms with Gasteiger partial charge < -0.3 is 19.7 Å². The maximum absolute atomic E-state index is 12.5. The van der Waals surface area contributed by atoms with Gasteiger partial charge in [-0.25, -0.2) is 9.59 Å². The molecule has 0 spiro atoms. The summed E-state index contributed by atoms with van der Waals surface area (Å²) in [7, 11) is 0. The molecule has 0 fully saturated rings. The third kappa shape index (κ3) is 6.30. The Hall–Kier alpha value is -4.39. The highest BCUT2D eigenvalue weighted by Crippen LogP contribution is 2.19. The molecule has 0 atom stereocenters. The van der Waals surface area contributed by atoms with Crippen LogP contribution in [0.2, 0.25) is 0 Å². The summed E-state index contributed by atoms with van der Waals surface area (Å²) in [6.45, 7) is -0.394. The van der Waals surface area contributed by atoms with E-state index in [0.29, 0.717) is 22.6 Å². The zero-order valence-corrected chi connectivity index (χ0v) is 16.9. The molecule has 0 aliphatic carbocycles. The van der Waals surface area contributed by atoms with Crippen LogP contribution in [-0.4, -0.2) is 34.5 Å². The number of rotatable bonds is 10. The first-order valence-electron chi connectivity index (χ1n) is 9.63. The summed E-state index contributed by atoms with van der Waals surface area (Å²) in [5.74, 6) is -1.56. The van der Waals surface area contributed by atoms with Crippen molar-refractivity contribution >= 4 is 23.8 Å². The molecule has 32 heavy (non-hydrogen) atoms. The number of hydrogen-bond acceptors (Lipinski definition) is 5. The van der Waals surface area contributed by atoms with Gasteiger partial charge in [-0.15, -0.1) is 0 Å². The number of carbonyl (C=O) groups excluding carboxylic acids is 1. The Bertz CT molecular complexity index is 1160. The van der Waals surface area contributed by atoms with Crippen LogP contribution in [0, 0.1) is 0 Å². The molecule has 0 heterocycles. The molecule has 0 aromatic heterocycles. The van der Waals surface area contributed by atoms with Crippen molar-refractivity contribution in [1.82, 2.24) is 0 Å². The fraction of sp³-hybridized carbons (Fsp3) is 0.0800. The largest absolute Gasteiger partial charge is 0.489 e. The molecular weight excluding hydrogens is 412 g/mol.